The lowest BCUT2D eigenvalue weighted by Gasteiger charge is -2.13. The molecule has 1 unspecified atom stereocenters. The van der Waals surface area contributed by atoms with Crippen molar-refractivity contribution in [3.63, 3.8) is 0 Å². The van der Waals surface area contributed by atoms with Gasteiger partial charge in [-0.15, -0.1) is 0 Å². The summed E-state index contributed by atoms with van der Waals surface area (Å²) in [6.45, 7) is 1.99. The van der Waals surface area contributed by atoms with Crippen molar-refractivity contribution in [3.8, 4) is 0 Å². The van der Waals surface area contributed by atoms with E-state index in [1.807, 2.05) is 31.2 Å². The number of aliphatic hydroxyl groups is 1. The van der Waals surface area contributed by atoms with E-state index in [2.05, 4.69) is 4.98 Å². The van der Waals surface area contributed by atoms with Gasteiger partial charge in [-0.25, -0.2) is 0 Å². The largest absolute Gasteiger partial charge is 0.398 e. The molecule has 1 heterocycles. The number of rotatable bonds is 2. The Bertz CT molecular complexity index is 497. The normalized spacial score (nSPS) is 12.4. The van der Waals surface area contributed by atoms with Crippen LogP contribution in [0.3, 0.4) is 0 Å². The Balaban J connectivity index is 2.39. The second-order valence-corrected chi connectivity index (χ2v) is 3.82. The fraction of sp³-hybridized carbons (Fsp3) is 0.154. The van der Waals surface area contributed by atoms with Crippen molar-refractivity contribution in [1.29, 1.82) is 0 Å². The van der Waals surface area contributed by atoms with Crippen LogP contribution in [0.15, 0.2) is 42.7 Å². The maximum Gasteiger partial charge on any atom is 0.108 e. The molecule has 1 atom stereocenters. The number of nitrogen functional groups attached to an aromatic ring is 1. The molecule has 0 radical (unpaired) electrons. The van der Waals surface area contributed by atoms with E-state index in [1.165, 1.54) is 0 Å². The predicted octanol–water partition coefficient (Wildman–Crippen LogP) is 2.05. The van der Waals surface area contributed by atoms with Crippen molar-refractivity contribution in [2.24, 2.45) is 0 Å². The van der Waals surface area contributed by atoms with E-state index in [0.717, 1.165) is 11.1 Å². The van der Waals surface area contributed by atoms with Crippen LogP contribution in [0.2, 0.25) is 0 Å². The van der Waals surface area contributed by atoms with Gasteiger partial charge < -0.3 is 10.8 Å². The zero-order valence-corrected chi connectivity index (χ0v) is 9.09. The molecule has 16 heavy (non-hydrogen) atoms. The van der Waals surface area contributed by atoms with Crippen LogP contribution in [-0.2, 0) is 0 Å². The molecule has 0 amide bonds. The number of hydrogen-bond donors (Lipinski definition) is 2. The molecule has 3 heteroatoms. The van der Waals surface area contributed by atoms with Crippen LogP contribution < -0.4 is 5.73 Å². The summed E-state index contributed by atoms with van der Waals surface area (Å²) in [6, 6.07) is 9.42. The Morgan fingerprint density at radius 3 is 2.81 bits per heavy atom. The summed E-state index contributed by atoms with van der Waals surface area (Å²) in [6.07, 6.45) is 2.50. The third-order valence-corrected chi connectivity index (χ3v) is 2.54. The van der Waals surface area contributed by atoms with E-state index < -0.39 is 6.10 Å². The summed E-state index contributed by atoms with van der Waals surface area (Å²) in [5.41, 5.74) is 8.95. The molecule has 0 aliphatic carbocycles. The number of aromatic nitrogens is 1. The van der Waals surface area contributed by atoms with Crippen molar-refractivity contribution in [2.45, 2.75) is 13.0 Å². The van der Waals surface area contributed by atoms with Gasteiger partial charge >= 0.3 is 0 Å². The molecule has 3 nitrogen and oxygen atoms in total. The second kappa shape index (κ2) is 4.33. The number of pyridine rings is 1. The summed E-state index contributed by atoms with van der Waals surface area (Å²) in [4.78, 5) is 3.97. The maximum absolute atomic E-state index is 10.2. The van der Waals surface area contributed by atoms with Crippen LogP contribution in [0.4, 0.5) is 5.69 Å². The summed E-state index contributed by atoms with van der Waals surface area (Å²) in [5.74, 6) is 0. The highest BCUT2D eigenvalue weighted by Gasteiger charge is 2.13. The van der Waals surface area contributed by atoms with Crippen LogP contribution in [0.25, 0.3) is 0 Å². The zero-order chi connectivity index (χ0) is 11.5. The van der Waals surface area contributed by atoms with Crippen molar-refractivity contribution in [1.82, 2.24) is 4.98 Å². The van der Waals surface area contributed by atoms with Gasteiger partial charge in [0.05, 0.1) is 0 Å². The Morgan fingerprint density at radius 1 is 1.31 bits per heavy atom. The smallest absolute Gasteiger partial charge is 0.108 e. The number of benzene rings is 1. The number of aliphatic hydroxyl groups excluding tert-OH is 1. The average Bonchev–Trinajstić information content (AvgIpc) is 2.29. The monoisotopic (exact) mass is 214 g/mol. The second-order valence-electron chi connectivity index (χ2n) is 3.82. The van der Waals surface area contributed by atoms with Crippen LogP contribution >= 0.6 is 0 Å². The van der Waals surface area contributed by atoms with Gasteiger partial charge in [-0.2, -0.15) is 0 Å². The molecule has 0 saturated carbocycles. The van der Waals surface area contributed by atoms with Gasteiger partial charge in [-0.1, -0.05) is 29.8 Å². The van der Waals surface area contributed by atoms with Crippen molar-refractivity contribution >= 4 is 5.69 Å². The van der Waals surface area contributed by atoms with Gasteiger partial charge in [-0.3, -0.25) is 4.98 Å². The Morgan fingerprint density at radius 2 is 2.12 bits per heavy atom. The van der Waals surface area contributed by atoms with Crippen LogP contribution in [0.5, 0.6) is 0 Å². The number of anilines is 1. The molecule has 0 bridgehead atoms. The summed E-state index contributed by atoms with van der Waals surface area (Å²) >= 11 is 0. The molecular weight excluding hydrogens is 200 g/mol. The highest BCUT2D eigenvalue weighted by Crippen LogP contribution is 2.25. The van der Waals surface area contributed by atoms with E-state index in [4.69, 9.17) is 5.73 Å². The first kappa shape index (κ1) is 10.6. The van der Waals surface area contributed by atoms with E-state index in [-0.39, 0.29) is 0 Å². The van der Waals surface area contributed by atoms with Crippen molar-refractivity contribution in [3.05, 3.63) is 59.4 Å². The van der Waals surface area contributed by atoms with Crippen LogP contribution in [-0.4, -0.2) is 10.1 Å². The maximum atomic E-state index is 10.2. The summed E-state index contributed by atoms with van der Waals surface area (Å²) < 4.78 is 0. The minimum Gasteiger partial charge on any atom is -0.398 e. The SMILES string of the molecule is Cc1cccc(C(O)c2cnccc2N)c1. The number of nitrogens with two attached hydrogens (primary N) is 1. The summed E-state index contributed by atoms with van der Waals surface area (Å²) in [7, 11) is 0. The van der Waals surface area contributed by atoms with Gasteiger partial charge in [0.1, 0.15) is 6.10 Å². The first-order chi connectivity index (χ1) is 7.68. The van der Waals surface area contributed by atoms with E-state index in [9.17, 15) is 5.11 Å². The molecule has 0 aliphatic heterocycles. The molecule has 0 spiro atoms. The number of aryl methyl sites for hydroxylation is 1. The van der Waals surface area contributed by atoms with E-state index in [0.29, 0.717) is 11.3 Å². The molecule has 82 valence electrons. The fourth-order valence-corrected chi connectivity index (χ4v) is 1.67. The molecule has 1 aromatic carbocycles. The Kier molecular flexibility index (Phi) is 2.88. The molecule has 1 aromatic heterocycles. The standard InChI is InChI=1S/C13H14N2O/c1-9-3-2-4-10(7-9)13(16)11-8-15-6-5-12(11)14/h2-8,13,16H,1H3,(H2,14,15). The quantitative estimate of drug-likeness (QED) is 0.804. The molecule has 0 saturated heterocycles. The lowest BCUT2D eigenvalue weighted by atomic mass is 10.0. The molecule has 0 fully saturated rings. The summed E-state index contributed by atoms with van der Waals surface area (Å²) in [5, 5.41) is 10.2. The van der Waals surface area contributed by atoms with Gasteiger partial charge in [0, 0.05) is 23.6 Å². The van der Waals surface area contributed by atoms with Gasteiger partial charge in [-0.05, 0) is 18.6 Å². The number of nitrogens with zero attached hydrogens (tertiary/aromatic N) is 1. The Labute approximate surface area is 94.6 Å². The molecule has 3 N–H and O–H groups in total. The topological polar surface area (TPSA) is 59.1 Å². The predicted molar refractivity (Wildman–Crippen MR) is 63.9 cm³/mol. The average molecular weight is 214 g/mol. The minimum absolute atomic E-state index is 0.559. The van der Waals surface area contributed by atoms with E-state index in [1.54, 1.807) is 18.5 Å². The van der Waals surface area contributed by atoms with Crippen LogP contribution in [0, 0.1) is 6.92 Å². The number of hydrogen-bond acceptors (Lipinski definition) is 3. The lowest BCUT2D eigenvalue weighted by Crippen LogP contribution is -2.04. The minimum atomic E-state index is -0.714. The highest BCUT2D eigenvalue weighted by atomic mass is 16.3. The fourth-order valence-electron chi connectivity index (χ4n) is 1.67. The third-order valence-electron chi connectivity index (χ3n) is 2.54. The third kappa shape index (κ3) is 2.04. The van der Waals surface area contributed by atoms with Crippen molar-refractivity contribution in [2.75, 3.05) is 5.73 Å². The van der Waals surface area contributed by atoms with Crippen LogP contribution in [0.1, 0.15) is 22.8 Å². The first-order valence-corrected chi connectivity index (χ1v) is 5.12. The van der Waals surface area contributed by atoms with Gasteiger partial charge in [0.2, 0.25) is 0 Å². The molecule has 2 rings (SSSR count). The zero-order valence-electron chi connectivity index (χ0n) is 9.09. The van der Waals surface area contributed by atoms with Gasteiger partial charge in [0.15, 0.2) is 0 Å². The van der Waals surface area contributed by atoms with Gasteiger partial charge in [0.25, 0.3) is 0 Å². The molecule has 2 aromatic rings. The first-order valence-electron chi connectivity index (χ1n) is 5.12. The van der Waals surface area contributed by atoms with Crippen molar-refractivity contribution < 1.29 is 5.11 Å². The highest BCUT2D eigenvalue weighted by molar-refractivity contribution is 5.48. The Hall–Kier alpha value is -1.87. The molecular formula is C13H14N2O. The lowest BCUT2D eigenvalue weighted by molar-refractivity contribution is 0.220. The molecule has 0 aliphatic rings. The van der Waals surface area contributed by atoms with E-state index >= 15 is 0 Å².